The highest BCUT2D eigenvalue weighted by Gasteiger charge is 2.12. The van der Waals surface area contributed by atoms with Gasteiger partial charge in [0.15, 0.2) is 0 Å². The van der Waals surface area contributed by atoms with Gasteiger partial charge >= 0.3 is 0 Å². The lowest BCUT2D eigenvalue weighted by Gasteiger charge is -2.09. The van der Waals surface area contributed by atoms with Gasteiger partial charge in [-0.2, -0.15) is 0 Å². The second-order valence-corrected chi connectivity index (χ2v) is 6.31. The van der Waals surface area contributed by atoms with Crippen LogP contribution in [0.3, 0.4) is 0 Å². The minimum atomic E-state index is -1.30. The lowest BCUT2D eigenvalue weighted by atomic mass is 10.1. The highest BCUT2D eigenvalue weighted by Crippen LogP contribution is 2.22. The summed E-state index contributed by atoms with van der Waals surface area (Å²) in [6.45, 7) is 0. The molecule has 0 aliphatic heterocycles. The second kappa shape index (κ2) is 5.92. The summed E-state index contributed by atoms with van der Waals surface area (Å²) in [4.78, 5) is 20.9. The largest absolute Gasteiger partial charge is 0.497 e. The summed E-state index contributed by atoms with van der Waals surface area (Å²) in [7, 11) is 1.94. The van der Waals surface area contributed by atoms with Gasteiger partial charge in [-0.15, -0.1) is 0 Å². The van der Waals surface area contributed by atoms with Gasteiger partial charge in [0.1, 0.15) is 11.4 Å². The normalized spacial score (nSPS) is 12.3. The van der Waals surface area contributed by atoms with Crippen LogP contribution in [0.1, 0.15) is 0 Å². The molecule has 0 spiro atoms. The Labute approximate surface area is 135 Å². The molecular weight excluding hydrogens is 314 g/mol. The summed E-state index contributed by atoms with van der Waals surface area (Å²) in [6.07, 6.45) is 3.09. The van der Waals surface area contributed by atoms with Crippen molar-refractivity contribution in [1.29, 1.82) is 0 Å². The van der Waals surface area contributed by atoms with Crippen LogP contribution in [-0.2, 0) is 17.8 Å². The maximum absolute atomic E-state index is 12.6. The molecule has 0 aliphatic rings. The molecule has 0 N–H and O–H groups in total. The van der Waals surface area contributed by atoms with Crippen LogP contribution in [0.4, 0.5) is 0 Å². The van der Waals surface area contributed by atoms with Crippen molar-refractivity contribution in [1.82, 2.24) is 14.5 Å². The zero-order valence-corrected chi connectivity index (χ0v) is 13.8. The Hall–Kier alpha value is -2.54. The van der Waals surface area contributed by atoms with Gasteiger partial charge in [-0.1, -0.05) is 12.1 Å². The quantitative estimate of drug-likeness (QED) is 0.684. The number of benzene rings is 1. The summed E-state index contributed by atoms with van der Waals surface area (Å²) >= 11 is 0. The highest BCUT2D eigenvalue weighted by atomic mass is 32.2. The van der Waals surface area contributed by atoms with Crippen LogP contribution in [-0.4, -0.2) is 32.1 Å². The molecule has 23 heavy (non-hydrogen) atoms. The summed E-state index contributed by atoms with van der Waals surface area (Å²) in [5.41, 5.74) is 1.63. The minimum Gasteiger partial charge on any atom is -0.497 e. The third-order valence-electron chi connectivity index (χ3n) is 3.58. The van der Waals surface area contributed by atoms with Crippen molar-refractivity contribution in [2.75, 3.05) is 13.4 Å². The number of aryl methyl sites for hydroxylation is 1. The maximum Gasteiger partial charge on any atom is 0.259 e. The molecule has 6 nitrogen and oxygen atoms in total. The molecule has 1 unspecified atom stereocenters. The number of rotatable bonds is 3. The van der Waals surface area contributed by atoms with Crippen molar-refractivity contribution in [3.8, 4) is 16.9 Å². The third-order valence-corrected chi connectivity index (χ3v) is 4.30. The number of nitrogens with zero attached hydrogens (tertiary/aromatic N) is 3. The monoisotopic (exact) mass is 329 g/mol. The van der Waals surface area contributed by atoms with Gasteiger partial charge in [0.2, 0.25) is 5.16 Å². The van der Waals surface area contributed by atoms with E-state index in [4.69, 9.17) is 4.74 Å². The van der Waals surface area contributed by atoms with E-state index in [1.165, 1.54) is 10.8 Å². The van der Waals surface area contributed by atoms with Crippen molar-refractivity contribution < 1.29 is 8.95 Å². The second-order valence-electron chi connectivity index (χ2n) is 5.04. The molecule has 1 atom stereocenters. The number of hydrogen-bond acceptors (Lipinski definition) is 5. The van der Waals surface area contributed by atoms with Gasteiger partial charge in [0.25, 0.3) is 5.56 Å². The summed E-state index contributed by atoms with van der Waals surface area (Å²) in [5.74, 6) is 0.727. The van der Waals surface area contributed by atoms with Crippen LogP contribution >= 0.6 is 0 Å². The van der Waals surface area contributed by atoms with Crippen LogP contribution in [0, 0.1) is 0 Å². The number of pyridine rings is 1. The fourth-order valence-electron chi connectivity index (χ4n) is 2.35. The van der Waals surface area contributed by atoms with E-state index >= 15 is 0 Å². The summed E-state index contributed by atoms with van der Waals surface area (Å²) < 4.78 is 18.1. The smallest absolute Gasteiger partial charge is 0.259 e. The van der Waals surface area contributed by atoms with Crippen molar-refractivity contribution in [2.45, 2.75) is 5.16 Å². The number of hydrogen-bond donors (Lipinski definition) is 0. The van der Waals surface area contributed by atoms with E-state index in [9.17, 15) is 9.00 Å². The molecule has 0 amide bonds. The molecule has 118 valence electrons. The van der Waals surface area contributed by atoms with Crippen LogP contribution < -0.4 is 10.3 Å². The summed E-state index contributed by atoms with van der Waals surface area (Å²) in [6, 6.07) is 9.02. The van der Waals surface area contributed by atoms with E-state index in [0.717, 1.165) is 11.3 Å². The fraction of sp³-hybridized carbons (Fsp3) is 0.188. The first-order valence-corrected chi connectivity index (χ1v) is 8.41. The van der Waals surface area contributed by atoms with Crippen LogP contribution in [0.25, 0.3) is 22.2 Å². The molecule has 0 bridgehead atoms. The lowest BCUT2D eigenvalue weighted by Crippen LogP contribution is -2.20. The molecule has 2 aromatic heterocycles. The number of aromatic nitrogens is 3. The van der Waals surface area contributed by atoms with Gasteiger partial charge in [0.05, 0.1) is 17.9 Å². The topological polar surface area (TPSA) is 74.1 Å². The first-order valence-electron chi connectivity index (χ1n) is 6.86. The molecule has 0 saturated heterocycles. The molecule has 7 heteroatoms. The van der Waals surface area contributed by atoms with Crippen molar-refractivity contribution in [3.05, 3.63) is 46.9 Å². The van der Waals surface area contributed by atoms with E-state index in [1.807, 2.05) is 12.1 Å². The van der Waals surface area contributed by atoms with E-state index in [0.29, 0.717) is 16.6 Å². The number of methoxy groups -OCH3 is 1. The van der Waals surface area contributed by atoms with Gasteiger partial charge in [-0.25, -0.2) is 9.97 Å². The van der Waals surface area contributed by atoms with E-state index in [2.05, 4.69) is 9.97 Å². The molecule has 0 aliphatic carbocycles. The molecule has 0 radical (unpaired) electrons. The first kappa shape index (κ1) is 15.4. The molecular formula is C16H15N3O3S. The average Bonchev–Trinajstić information content (AvgIpc) is 2.57. The predicted octanol–water partition coefficient (Wildman–Crippen LogP) is 1.74. The Morgan fingerprint density at radius 2 is 1.91 bits per heavy atom. The highest BCUT2D eigenvalue weighted by molar-refractivity contribution is 7.84. The molecule has 3 rings (SSSR count). The first-order chi connectivity index (χ1) is 11.0. The van der Waals surface area contributed by atoms with E-state index < -0.39 is 10.8 Å². The molecule has 3 aromatic rings. The minimum absolute atomic E-state index is 0.172. The van der Waals surface area contributed by atoms with Gasteiger partial charge < -0.3 is 4.74 Å². The maximum atomic E-state index is 12.6. The molecule has 2 heterocycles. The Kier molecular flexibility index (Phi) is 3.96. The van der Waals surface area contributed by atoms with Crippen molar-refractivity contribution in [2.24, 2.45) is 7.05 Å². The Balaban J connectivity index is 2.22. The zero-order chi connectivity index (χ0) is 16.6. The van der Waals surface area contributed by atoms with Crippen molar-refractivity contribution >= 4 is 21.8 Å². The van der Waals surface area contributed by atoms with Gasteiger partial charge in [-0.05, 0) is 23.8 Å². The average molecular weight is 329 g/mol. The molecule has 1 aromatic carbocycles. The van der Waals surface area contributed by atoms with E-state index in [1.54, 1.807) is 38.6 Å². The van der Waals surface area contributed by atoms with Crippen LogP contribution in [0.5, 0.6) is 5.75 Å². The number of fused-ring (bicyclic) bond motifs is 1. The fourth-order valence-corrected chi connectivity index (χ4v) is 2.76. The van der Waals surface area contributed by atoms with Crippen LogP contribution in [0.15, 0.2) is 46.5 Å². The SMILES string of the molecule is COc1ccc(-c2cc3cnc(S(C)=O)nc3n(C)c2=O)cc1. The standard InChI is InChI=1S/C16H15N3O3S/c1-19-14-11(9-17-16(18-14)23(3)21)8-13(15(19)20)10-4-6-12(22-2)7-5-10/h4-9H,1-3H3. The van der Waals surface area contributed by atoms with Crippen molar-refractivity contribution in [3.63, 3.8) is 0 Å². The van der Waals surface area contributed by atoms with Crippen LogP contribution in [0.2, 0.25) is 0 Å². The van der Waals surface area contributed by atoms with E-state index in [-0.39, 0.29) is 10.7 Å². The number of ether oxygens (including phenoxy) is 1. The van der Waals surface area contributed by atoms with Gasteiger partial charge in [-0.3, -0.25) is 13.6 Å². The Morgan fingerprint density at radius 1 is 1.22 bits per heavy atom. The molecule has 0 saturated carbocycles. The van der Waals surface area contributed by atoms with Gasteiger partial charge in [0, 0.05) is 30.4 Å². The Bertz CT molecular complexity index is 965. The molecule has 0 fully saturated rings. The zero-order valence-electron chi connectivity index (χ0n) is 12.9. The Morgan fingerprint density at radius 3 is 2.52 bits per heavy atom. The summed E-state index contributed by atoms with van der Waals surface area (Å²) in [5, 5.41) is 0.928. The lowest BCUT2D eigenvalue weighted by molar-refractivity contribution is 0.415. The third kappa shape index (κ3) is 2.75. The predicted molar refractivity (Wildman–Crippen MR) is 89.1 cm³/mol.